The van der Waals surface area contributed by atoms with Crippen molar-refractivity contribution in [3.8, 4) is 0 Å². The Kier molecular flexibility index (Phi) is 4.57. The van der Waals surface area contributed by atoms with Gasteiger partial charge in [-0.1, -0.05) is 20.8 Å². The summed E-state index contributed by atoms with van der Waals surface area (Å²) < 4.78 is 41.2. The number of aromatic amines is 1. The average molecular weight is 423 g/mol. The van der Waals surface area contributed by atoms with E-state index in [-0.39, 0.29) is 17.5 Å². The highest BCUT2D eigenvalue weighted by Crippen LogP contribution is 2.34. The minimum Gasteiger partial charge on any atom is -0.388 e. The van der Waals surface area contributed by atoms with Gasteiger partial charge in [0.2, 0.25) is 0 Å². The van der Waals surface area contributed by atoms with E-state index in [0.29, 0.717) is 42.3 Å². The first-order valence-corrected chi connectivity index (χ1v) is 9.66. The number of halogens is 3. The molecule has 11 heteroatoms. The van der Waals surface area contributed by atoms with Crippen LogP contribution in [0.3, 0.4) is 0 Å². The maximum absolute atomic E-state index is 13.2. The lowest BCUT2D eigenvalue weighted by molar-refractivity contribution is -0.141. The molecule has 3 aromatic rings. The van der Waals surface area contributed by atoms with Gasteiger partial charge in [0.1, 0.15) is 5.82 Å². The highest BCUT2D eigenvalue weighted by atomic mass is 19.4. The van der Waals surface area contributed by atoms with Gasteiger partial charge in [-0.05, 0) is 13.3 Å². The average Bonchev–Trinajstić information content (AvgIpc) is 3.32. The lowest BCUT2D eigenvalue weighted by atomic mass is 9.96. The van der Waals surface area contributed by atoms with Gasteiger partial charge in [-0.3, -0.25) is 5.10 Å². The maximum Gasteiger partial charge on any atom is 0.435 e. The minimum atomic E-state index is -4.55. The third-order valence-corrected chi connectivity index (χ3v) is 5.20. The van der Waals surface area contributed by atoms with Crippen molar-refractivity contribution in [1.82, 2.24) is 29.7 Å². The van der Waals surface area contributed by atoms with Crippen LogP contribution in [-0.4, -0.2) is 53.5 Å². The molecule has 0 radical (unpaired) electrons. The first kappa shape index (κ1) is 20.6. The first-order chi connectivity index (χ1) is 13.9. The number of β-amino-alcohol motifs (C(OH)–C–C–N with tert-alkyl or cyclic N) is 1. The van der Waals surface area contributed by atoms with Crippen LogP contribution in [0, 0.1) is 0 Å². The summed E-state index contributed by atoms with van der Waals surface area (Å²) in [5.74, 6) is 1.14. The smallest absolute Gasteiger partial charge is 0.388 e. The van der Waals surface area contributed by atoms with E-state index in [1.165, 1.54) is 12.5 Å². The molecule has 8 nitrogen and oxygen atoms in total. The van der Waals surface area contributed by atoms with Crippen LogP contribution in [-0.2, 0) is 18.1 Å². The largest absolute Gasteiger partial charge is 0.435 e. The van der Waals surface area contributed by atoms with Gasteiger partial charge >= 0.3 is 6.18 Å². The molecule has 162 valence electrons. The van der Waals surface area contributed by atoms with Gasteiger partial charge in [-0.2, -0.15) is 18.3 Å². The van der Waals surface area contributed by atoms with Crippen molar-refractivity contribution in [2.24, 2.45) is 0 Å². The molecule has 0 aromatic carbocycles. The molecule has 2 N–H and O–H groups in total. The number of aromatic nitrogens is 6. The second-order valence-electron chi connectivity index (χ2n) is 9.09. The van der Waals surface area contributed by atoms with Crippen LogP contribution in [0.4, 0.5) is 19.0 Å². The van der Waals surface area contributed by atoms with E-state index in [4.69, 9.17) is 4.98 Å². The van der Waals surface area contributed by atoms with E-state index < -0.39 is 17.5 Å². The molecule has 4 rings (SSSR count). The summed E-state index contributed by atoms with van der Waals surface area (Å²) >= 11 is 0. The Morgan fingerprint density at radius 1 is 1.23 bits per heavy atom. The summed E-state index contributed by atoms with van der Waals surface area (Å²) in [7, 11) is 0. The Labute approximate surface area is 171 Å². The fourth-order valence-electron chi connectivity index (χ4n) is 3.59. The summed E-state index contributed by atoms with van der Waals surface area (Å²) in [6, 6.07) is 0. The van der Waals surface area contributed by atoms with Crippen molar-refractivity contribution < 1.29 is 18.3 Å². The van der Waals surface area contributed by atoms with Crippen LogP contribution < -0.4 is 4.90 Å². The zero-order chi connectivity index (χ0) is 21.9. The van der Waals surface area contributed by atoms with Crippen LogP contribution in [0.1, 0.15) is 51.2 Å². The van der Waals surface area contributed by atoms with Crippen molar-refractivity contribution >= 4 is 17.0 Å². The molecule has 1 atom stereocenters. The molecule has 0 bridgehead atoms. The molecular weight excluding hydrogens is 399 g/mol. The molecule has 1 saturated heterocycles. The van der Waals surface area contributed by atoms with Gasteiger partial charge in [0.25, 0.3) is 0 Å². The van der Waals surface area contributed by atoms with E-state index >= 15 is 0 Å². The molecule has 30 heavy (non-hydrogen) atoms. The Balaban J connectivity index is 1.82. The number of nitrogens with one attached hydrogen (secondary N) is 1. The molecule has 1 unspecified atom stereocenters. The predicted molar refractivity (Wildman–Crippen MR) is 104 cm³/mol. The van der Waals surface area contributed by atoms with E-state index in [0.717, 1.165) is 0 Å². The molecule has 0 spiro atoms. The second-order valence-corrected chi connectivity index (χ2v) is 9.09. The van der Waals surface area contributed by atoms with Gasteiger partial charge in [0, 0.05) is 30.3 Å². The van der Waals surface area contributed by atoms with Gasteiger partial charge in [-0.25, -0.2) is 15.0 Å². The molecule has 4 heterocycles. The third-order valence-electron chi connectivity index (χ3n) is 5.20. The second kappa shape index (κ2) is 6.66. The normalized spacial score (nSPS) is 20.5. The minimum absolute atomic E-state index is 0.00313. The van der Waals surface area contributed by atoms with Crippen LogP contribution in [0.15, 0.2) is 12.5 Å². The standard InChI is InChI=1S/C19H24F3N7O/c1-17(2,3)16-25-14(28-6-5-18(4,30)9-28)12-15(26-16)29(10-23-12)8-11-7-24-27-13(11)19(20,21)22/h7,10,30H,5-6,8-9H2,1-4H3,(H,24,27). The van der Waals surface area contributed by atoms with Crippen LogP contribution in [0.25, 0.3) is 11.2 Å². The molecule has 1 aliphatic heterocycles. The van der Waals surface area contributed by atoms with Crippen LogP contribution >= 0.6 is 0 Å². The molecule has 1 fully saturated rings. The summed E-state index contributed by atoms with van der Waals surface area (Å²) in [5, 5.41) is 16.0. The number of hydrogen-bond acceptors (Lipinski definition) is 6. The summed E-state index contributed by atoms with van der Waals surface area (Å²) in [6.45, 7) is 8.60. The highest BCUT2D eigenvalue weighted by molar-refractivity contribution is 5.84. The Morgan fingerprint density at radius 2 is 1.97 bits per heavy atom. The summed E-state index contributed by atoms with van der Waals surface area (Å²) in [5.41, 5.74) is -1.22. The summed E-state index contributed by atoms with van der Waals surface area (Å²) in [4.78, 5) is 15.7. The van der Waals surface area contributed by atoms with Gasteiger partial charge < -0.3 is 14.6 Å². The zero-order valence-corrected chi connectivity index (χ0v) is 17.2. The van der Waals surface area contributed by atoms with Crippen LogP contribution in [0.5, 0.6) is 0 Å². The van der Waals surface area contributed by atoms with E-state index in [1.807, 2.05) is 25.7 Å². The van der Waals surface area contributed by atoms with E-state index in [2.05, 4.69) is 20.2 Å². The number of alkyl halides is 3. The third kappa shape index (κ3) is 3.73. The molecular formula is C19H24F3N7O. The number of aliphatic hydroxyl groups is 1. The highest BCUT2D eigenvalue weighted by Gasteiger charge is 2.37. The van der Waals surface area contributed by atoms with Gasteiger partial charge in [0.15, 0.2) is 22.7 Å². The first-order valence-electron chi connectivity index (χ1n) is 9.66. The molecule has 0 saturated carbocycles. The fraction of sp³-hybridized carbons (Fsp3) is 0.579. The predicted octanol–water partition coefficient (Wildman–Crippen LogP) is 2.88. The van der Waals surface area contributed by atoms with Crippen LogP contribution in [0.2, 0.25) is 0 Å². The monoisotopic (exact) mass is 423 g/mol. The maximum atomic E-state index is 13.2. The van der Waals surface area contributed by atoms with Crippen molar-refractivity contribution in [1.29, 1.82) is 0 Å². The zero-order valence-electron chi connectivity index (χ0n) is 17.2. The Bertz CT molecular complexity index is 1080. The van der Waals surface area contributed by atoms with Gasteiger partial charge in [0.05, 0.1) is 18.5 Å². The van der Waals surface area contributed by atoms with Crippen molar-refractivity contribution in [2.75, 3.05) is 18.0 Å². The van der Waals surface area contributed by atoms with Crippen molar-refractivity contribution in [3.63, 3.8) is 0 Å². The number of anilines is 1. The SMILES string of the molecule is CC1(O)CCN(c2nc(C(C)(C)C)nc3c2ncn3Cc2c[nH]nc2C(F)(F)F)C1. The lowest BCUT2D eigenvalue weighted by Crippen LogP contribution is -2.31. The lowest BCUT2D eigenvalue weighted by Gasteiger charge is -2.23. The summed E-state index contributed by atoms with van der Waals surface area (Å²) in [6.07, 6.45) is -1.26. The quantitative estimate of drug-likeness (QED) is 0.673. The molecule has 1 aliphatic rings. The number of nitrogens with zero attached hydrogens (tertiary/aromatic N) is 6. The fourth-order valence-corrected chi connectivity index (χ4v) is 3.59. The Morgan fingerprint density at radius 3 is 2.57 bits per heavy atom. The van der Waals surface area contributed by atoms with Gasteiger partial charge in [-0.15, -0.1) is 0 Å². The van der Waals surface area contributed by atoms with Crippen molar-refractivity contribution in [2.45, 2.75) is 57.9 Å². The topological polar surface area (TPSA) is 95.7 Å². The molecule has 3 aromatic heterocycles. The number of hydrogen-bond donors (Lipinski definition) is 2. The van der Waals surface area contributed by atoms with E-state index in [1.54, 1.807) is 11.5 Å². The molecule has 0 aliphatic carbocycles. The number of H-pyrrole nitrogens is 1. The number of fused-ring (bicyclic) bond motifs is 1. The molecule has 0 amide bonds. The van der Waals surface area contributed by atoms with Crippen molar-refractivity contribution in [3.05, 3.63) is 29.6 Å². The number of imidazole rings is 1. The van der Waals surface area contributed by atoms with E-state index in [9.17, 15) is 18.3 Å². The number of rotatable bonds is 3. The Hall–Kier alpha value is -2.69.